The summed E-state index contributed by atoms with van der Waals surface area (Å²) in [6.07, 6.45) is 3.79. The Balaban J connectivity index is 0.000000941. The lowest BCUT2D eigenvalue weighted by atomic mass is 10.1. The van der Waals surface area contributed by atoms with E-state index in [1.54, 1.807) is 12.4 Å². The smallest absolute Gasteiger partial charge is 0.204 e. The van der Waals surface area contributed by atoms with Crippen LogP contribution in [0.5, 0.6) is 0 Å². The predicted octanol–water partition coefficient (Wildman–Crippen LogP) is 4.02. The molecule has 3 N–H and O–H groups in total. The van der Waals surface area contributed by atoms with Gasteiger partial charge in [-0.2, -0.15) is 0 Å². The number of nitrogens with zero attached hydrogens (tertiary/aromatic N) is 3. The third-order valence-electron chi connectivity index (χ3n) is 3.69. The van der Waals surface area contributed by atoms with Crippen molar-refractivity contribution in [1.29, 1.82) is 0 Å². The topological polar surface area (TPSA) is 84.1 Å². The van der Waals surface area contributed by atoms with Gasteiger partial charge in [0.15, 0.2) is 5.82 Å². The summed E-state index contributed by atoms with van der Waals surface area (Å²) in [7, 11) is 3.76. The number of anilines is 2. The Morgan fingerprint density at radius 2 is 1.83 bits per heavy atom. The van der Waals surface area contributed by atoms with Gasteiger partial charge >= 0.3 is 0 Å². The summed E-state index contributed by atoms with van der Waals surface area (Å²) in [6, 6.07) is 9.34. The fourth-order valence-corrected chi connectivity index (χ4v) is 3.10. The Labute approximate surface area is 172 Å². The van der Waals surface area contributed by atoms with E-state index in [-0.39, 0.29) is 6.41 Å². The first-order valence-corrected chi connectivity index (χ1v) is 9.31. The molecule has 0 saturated heterocycles. The van der Waals surface area contributed by atoms with Gasteiger partial charge in [-0.05, 0) is 54.8 Å². The summed E-state index contributed by atoms with van der Waals surface area (Å²) in [5.41, 5.74) is 7.73. The second-order valence-electron chi connectivity index (χ2n) is 6.09. The number of carbonyl (C=O) groups is 1. The minimum Gasteiger partial charge on any atom is -0.372 e. The first kappa shape index (κ1) is 22.1. The predicted molar refractivity (Wildman–Crippen MR) is 113 cm³/mol. The average molecular weight is 417 g/mol. The van der Waals surface area contributed by atoms with Gasteiger partial charge in [-0.3, -0.25) is 9.78 Å². The Bertz CT molecular complexity index is 985. The lowest BCUT2D eigenvalue weighted by molar-refractivity contribution is -0.106. The van der Waals surface area contributed by atoms with Gasteiger partial charge in [-0.25, -0.2) is 13.8 Å². The highest BCUT2D eigenvalue weighted by molar-refractivity contribution is 8.00. The van der Waals surface area contributed by atoms with E-state index in [1.165, 1.54) is 12.1 Å². The molecular formula is C20H21F2N5OS. The summed E-state index contributed by atoms with van der Waals surface area (Å²) in [4.78, 5) is 19.5. The first-order valence-electron chi connectivity index (χ1n) is 8.49. The summed E-state index contributed by atoms with van der Waals surface area (Å²) in [5, 5.41) is 0. The van der Waals surface area contributed by atoms with E-state index in [2.05, 4.69) is 20.4 Å². The average Bonchev–Trinajstić information content (AvgIpc) is 2.67. The zero-order valence-electron chi connectivity index (χ0n) is 16.2. The number of pyridine rings is 2. The molecule has 3 rings (SSSR count). The molecule has 2 heterocycles. The number of aryl methyl sites for hydroxylation is 1. The van der Waals surface area contributed by atoms with Crippen molar-refractivity contribution >= 4 is 29.9 Å². The van der Waals surface area contributed by atoms with E-state index in [0.717, 1.165) is 46.3 Å². The van der Waals surface area contributed by atoms with Gasteiger partial charge in [0.1, 0.15) is 11.6 Å². The molecule has 1 aromatic carbocycles. The van der Waals surface area contributed by atoms with Crippen LogP contribution in [0.3, 0.4) is 0 Å². The Hall–Kier alpha value is -3.20. The number of amides is 1. The van der Waals surface area contributed by atoms with Crippen LogP contribution in [0.4, 0.5) is 20.3 Å². The summed E-state index contributed by atoms with van der Waals surface area (Å²) in [5.74, 6) is -0.491. The quantitative estimate of drug-likeness (QED) is 0.482. The third-order valence-corrected chi connectivity index (χ3v) is 4.56. The number of halogens is 2. The number of rotatable bonds is 5. The Morgan fingerprint density at radius 1 is 1.10 bits per heavy atom. The molecule has 0 radical (unpaired) electrons. The second-order valence-corrected chi connectivity index (χ2v) is 6.94. The highest BCUT2D eigenvalue weighted by Crippen LogP contribution is 2.32. The molecular weight excluding hydrogens is 396 g/mol. The summed E-state index contributed by atoms with van der Waals surface area (Å²) in [6.45, 7) is 1.93. The molecule has 1 amide bonds. The van der Waals surface area contributed by atoms with E-state index in [0.29, 0.717) is 4.90 Å². The molecule has 0 unspecified atom stereocenters. The molecule has 0 aliphatic rings. The minimum absolute atomic E-state index is 0.250. The molecule has 9 heteroatoms. The van der Waals surface area contributed by atoms with Crippen LogP contribution in [0, 0.1) is 18.6 Å². The van der Waals surface area contributed by atoms with Gasteiger partial charge in [0.05, 0.1) is 10.6 Å². The molecule has 0 spiro atoms. The van der Waals surface area contributed by atoms with Gasteiger partial charge in [0, 0.05) is 43.8 Å². The first-order chi connectivity index (χ1) is 13.8. The monoisotopic (exact) mass is 417 g/mol. The van der Waals surface area contributed by atoms with Crippen molar-refractivity contribution in [3.63, 3.8) is 0 Å². The second kappa shape index (κ2) is 10.4. The zero-order valence-corrected chi connectivity index (χ0v) is 17.0. The van der Waals surface area contributed by atoms with E-state index < -0.39 is 11.6 Å². The number of aromatic nitrogens is 2. The maximum Gasteiger partial charge on any atom is 0.204 e. The number of hydrogen-bond donors (Lipinski definition) is 2. The van der Waals surface area contributed by atoms with Crippen LogP contribution >= 0.6 is 11.9 Å². The number of carbonyl (C=O) groups excluding carboxylic acids is 1. The van der Waals surface area contributed by atoms with Gasteiger partial charge < -0.3 is 15.4 Å². The molecule has 152 valence electrons. The summed E-state index contributed by atoms with van der Waals surface area (Å²) < 4.78 is 30.1. The highest BCUT2D eigenvalue weighted by atomic mass is 32.2. The SMILES string of the molecule is Cc1cc(-c2cnc(N(C)C)c(NSc3ccc(F)cc3F)c2)ccn1.NC=O. The third kappa shape index (κ3) is 6.15. The van der Waals surface area contributed by atoms with Crippen LogP contribution in [-0.2, 0) is 4.79 Å². The number of hydrogen-bond acceptors (Lipinski definition) is 6. The maximum absolute atomic E-state index is 13.9. The van der Waals surface area contributed by atoms with Crippen molar-refractivity contribution in [1.82, 2.24) is 9.97 Å². The van der Waals surface area contributed by atoms with E-state index >= 15 is 0 Å². The van der Waals surface area contributed by atoms with Crippen LogP contribution in [0.1, 0.15) is 5.69 Å². The van der Waals surface area contributed by atoms with Crippen LogP contribution in [-0.4, -0.2) is 30.5 Å². The van der Waals surface area contributed by atoms with E-state index in [9.17, 15) is 8.78 Å². The largest absolute Gasteiger partial charge is 0.372 e. The van der Waals surface area contributed by atoms with Crippen molar-refractivity contribution in [2.24, 2.45) is 5.73 Å². The molecule has 0 aliphatic heterocycles. The van der Waals surface area contributed by atoms with Crippen molar-refractivity contribution in [2.45, 2.75) is 11.8 Å². The maximum atomic E-state index is 13.9. The standard InChI is InChI=1S/C19H18F2N4S.CH3NO/c1-12-8-13(6-7-22-12)14-9-17(19(23-11-14)25(2)3)24-26-18-5-4-15(20)10-16(18)21;2-1-3/h4-11,24H,1-3H3;1H,(H2,2,3). The van der Waals surface area contributed by atoms with Crippen molar-refractivity contribution in [3.8, 4) is 11.1 Å². The fraction of sp³-hybridized carbons (Fsp3) is 0.150. The number of nitrogens with two attached hydrogens (primary N) is 1. The van der Waals surface area contributed by atoms with Gasteiger partial charge in [0.2, 0.25) is 6.41 Å². The number of primary amides is 1. The van der Waals surface area contributed by atoms with Crippen LogP contribution in [0.2, 0.25) is 0 Å². The molecule has 3 aromatic rings. The van der Waals surface area contributed by atoms with E-state index in [4.69, 9.17) is 4.79 Å². The van der Waals surface area contributed by atoms with Crippen molar-refractivity contribution in [2.75, 3.05) is 23.7 Å². The van der Waals surface area contributed by atoms with Gasteiger partial charge in [-0.1, -0.05) is 0 Å². The van der Waals surface area contributed by atoms with Gasteiger partial charge in [-0.15, -0.1) is 0 Å². The van der Waals surface area contributed by atoms with Crippen LogP contribution in [0.15, 0.2) is 53.7 Å². The molecule has 6 nitrogen and oxygen atoms in total. The van der Waals surface area contributed by atoms with E-state index in [1.807, 2.05) is 44.1 Å². The lowest BCUT2D eigenvalue weighted by Crippen LogP contribution is -2.12. The summed E-state index contributed by atoms with van der Waals surface area (Å²) >= 11 is 1.08. The Kier molecular flexibility index (Phi) is 7.90. The lowest BCUT2D eigenvalue weighted by Gasteiger charge is -2.18. The van der Waals surface area contributed by atoms with Crippen LogP contribution in [0.25, 0.3) is 11.1 Å². The zero-order chi connectivity index (χ0) is 21.4. The molecule has 29 heavy (non-hydrogen) atoms. The van der Waals surface area contributed by atoms with Crippen LogP contribution < -0.4 is 15.4 Å². The molecule has 2 aromatic heterocycles. The van der Waals surface area contributed by atoms with Gasteiger partial charge in [0.25, 0.3) is 0 Å². The molecule has 0 aliphatic carbocycles. The number of nitrogens with one attached hydrogen (secondary N) is 1. The number of benzene rings is 1. The molecule has 0 bridgehead atoms. The minimum atomic E-state index is -0.609. The normalized spacial score (nSPS) is 9.97. The van der Waals surface area contributed by atoms with Crippen molar-refractivity contribution < 1.29 is 13.6 Å². The molecule has 0 fully saturated rings. The fourth-order valence-electron chi connectivity index (χ4n) is 2.44. The van der Waals surface area contributed by atoms with Crippen molar-refractivity contribution in [3.05, 3.63) is 66.1 Å². The highest BCUT2D eigenvalue weighted by Gasteiger charge is 2.11. The Morgan fingerprint density at radius 3 is 2.45 bits per heavy atom. The molecule has 0 atom stereocenters. The molecule has 0 saturated carbocycles.